The van der Waals surface area contributed by atoms with Gasteiger partial charge in [0.05, 0.1) is 0 Å². The number of hydrogen-bond acceptors (Lipinski definition) is 1. The summed E-state index contributed by atoms with van der Waals surface area (Å²) in [5, 5.41) is 0. The van der Waals surface area contributed by atoms with Crippen molar-refractivity contribution in [2.45, 2.75) is 38.5 Å². The van der Waals surface area contributed by atoms with Crippen LogP contribution in [0.3, 0.4) is 0 Å². The molecule has 0 N–H and O–H groups in total. The van der Waals surface area contributed by atoms with Gasteiger partial charge in [-0.15, -0.1) is 0 Å². The lowest BCUT2D eigenvalue weighted by Crippen LogP contribution is -2.31. The molecule has 1 aromatic carbocycles. The number of rotatable bonds is 1. The number of carbonyl (C=O) groups excluding carboxylic acids is 1. The van der Waals surface area contributed by atoms with E-state index in [1.807, 2.05) is 12.1 Å². The molecule has 0 aliphatic heterocycles. The molecule has 16 heavy (non-hydrogen) atoms. The molecule has 1 aromatic rings. The summed E-state index contributed by atoms with van der Waals surface area (Å²) in [5.41, 5.74) is 2.33. The van der Waals surface area contributed by atoms with Crippen molar-refractivity contribution < 1.29 is 4.79 Å². The molecular formula is C15H18O. The predicted molar refractivity (Wildman–Crippen MR) is 64.6 cm³/mol. The molecule has 2 aliphatic carbocycles. The van der Waals surface area contributed by atoms with Gasteiger partial charge < -0.3 is 0 Å². The monoisotopic (exact) mass is 214 g/mol. The van der Waals surface area contributed by atoms with Gasteiger partial charge in [0.1, 0.15) is 0 Å². The van der Waals surface area contributed by atoms with Crippen molar-refractivity contribution in [1.29, 1.82) is 0 Å². The van der Waals surface area contributed by atoms with Crippen LogP contribution in [0.25, 0.3) is 0 Å². The van der Waals surface area contributed by atoms with E-state index in [1.165, 1.54) is 24.8 Å². The van der Waals surface area contributed by atoms with Gasteiger partial charge in [0.25, 0.3) is 0 Å². The highest BCUT2D eigenvalue weighted by Crippen LogP contribution is 2.49. The van der Waals surface area contributed by atoms with Gasteiger partial charge in [0.15, 0.2) is 5.78 Å². The van der Waals surface area contributed by atoms with E-state index in [2.05, 4.69) is 19.1 Å². The lowest BCUT2D eigenvalue weighted by molar-refractivity contribution is 0.0855. The van der Waals surface area contributed by atoms with Crippen LogP contribution in [0.4, 0.5) is 0 Å². The van der Waals surface area contributed by atoms with Crippen molar-refractivity contribution in [2.75, 3.05) is 0 Å². The van der Waals surface area contributed by atoms with Crippen molar-refractivity contribution >= 4 is 5.78 Å². The quantitative estimate of drug-likeness (QED) is 0.695. The summed E-state index contributed by atoms with van der Waals surface area (Å²) in [4.78, 5) is 12.4. The van der Waals surface area contributed by atoms with Gasteiger partial charge in [-0.25, -0.2) is 0 Å². The molecule has 2 aliphatic rings. The van der Waals surface area contributed by atoms with E-state index in [1.54, 1.807) is 0 Å². The zero-order chi connectivity index (χ0) is 11.1. The van der Waals surface area contributed by atoms with Crippen LogP contribution in [0.2, 0.25) is 0 Å². The van der Waals surface area contributed by atoms with E-state index < -0.39 is 0 Å². The Bertz CT molecular complexity index is 421. The molecule has 3 rings (SSSR count). The van der Waals surface area contributed by atoms with E-state index >= 15 is 0 Å². The largest absolute Gasteiger partial charge is 0.294 e. The zero-order valence-corrected chi connectivity index (χ0v) is 9.78. The Kier molecular flexibility index (Phi) is 2.34. The first-order valence-corrected chi connectivity index (χ1v) is 6.46. The fourth-order valence-corrected chi connectivity index (χ4v) is 3.79. The Morgan fingerprint density at radius 1 is 1.25 bits per heavy atom. The fraction of sp³-hybridized carbons (Fsp3) is 0.533. The van der Waals surface area contributed by atoms with Gasteiger partial charge in [-0.2, -0.15) is 0 Å². The second-order valence-electron chi connectivity index (χ2n) is 5.17. The molecule has 1 nitrogen and oxygen atoms in total. The number of Topliss-reactive ketones (excluding diaryl/α,β-unsaturated/α-hetero) is 1. The molecule has 0 spiro atoms. The average molecular weight is 214 g/mol. The average Bonchev–Trinajstić information content (AvgIpc) is 2.79. The first-order chi connectivity index (χ1) is 7.83. The molecule has 0 bridgehead atoms. The summed E-state index contributed by atoms with van der Waals surface area (Å²) in [6, 6.07) is 8.26. The summed E-state index contributed by atoms with van der Waals surface area (Å²) in [6.07, 6.45) is 4.79. The minimum atomic E-state index is 0.333. The first-order valence-electron chi connectivity index (χ1n) is 6.46. The van der Waals surface area contributed by atoms with Crippen LogP contribution in [0.5, 0.6) is 0 Å². The molecule has 0 unspecified atom stereocenters. The molecule has 3 atom stereocenters. The van der Waals surface area contributed by atoms with Crippen molar-refractivity contribution in [2.24, 2.45) is 11.8 Å². The van der Waals surface area contributed by atoms with Crippen LogP contribution in [0.15, 0.2) is 24.3 Å². The van der Waals surface area contributed by atoms with Gasteiger partial charge in [-0.1, -0.05) is 37.6 Å². The summed E-state index contributed by atoms with van der Waals surface area (Å²) < 4.78 is 0. The summed E-state index contributed by atoms with van der Waals surface area (Å²) in [5.74, 6) is 2.01. The molecule has 1 heteroatoms. The lowest BCUT2D eigenvalue weighted by atomic mass is 9.69. The molecule has 0 radical (unpaired) electrons. The van der Waals surface area contributed by atoms with Crippen LogP contribution in [-0.2, 0) is 0 Å². The van der Waals surface area contributed by atoms with E-state index in [-0.39, 0.29) is 0 Å². The molecule has 1 fully saturated rings. The van der Waals surface area contributed by atoms with Crippen LogP contribution < -0.4 is 0 Å². The molecule has 84 valence electrons. The van der Waals surface area contributed by atoms with E-state index in [4.69, 9.17) is 0 Å². The number of benzene rings is 1. The molecule has 1 saturated carbocycles. The third-order valence-corrected chi connectivity index (χ3v) is 4.49. The third kappa shape index (κ3) is 1.27. The smallest absolute Gasteiger partial charge is 0.166 e. The van der Waals surface area contributed by atoms with E-state index in [0.29, 0.717) is 23.5 Å². The Labute approximate surface area is 96.9 Å². The Balaban J connectivity index is 2.13. The highest BCUT2D eigenvalue weighted by atomic mass is 16.1. The standard InChI is InChI=1S/C15H18O/c1-2-10-11-6-3-4-7-13(11)15(16)14-9-5-8-12(10)14/h3-4,6-7,10,12,14H,2,5,8-9H2,1H3/t10-,12-,14+/m1/s1. The Morgan fingerprint density at radius 2 is 2.06 bits per heavy atom. The molecule has 0 aromatic heterocycles. The fourth-order valence-electron chi connectivity index (χ4n) is 3.79. The normalized spacial score (nSPS) is 32.3. The molecule has 0 saturated heterocycles. The van der Waals surface area contributed by atoms with Gasteiger partial charge in [0.2, 0.25) is 0 Å². The first kappa shape index (κ1) is 10.1. The Morgan fingerprint density at radius 3 is 2.88 bits per heavy atom. The SMILES string of the molecule is CC[C@@H]1c2ccccc2C(=O)[C@H]2CCC[C@@H]21. The lowest BCUT2D eigenvalue weighted by Gasteiger charge is -2.34. The second-order valence-corrected chi connectivity index (χ2v) is 5.17. The molecule has 0 heterocycles. The minimum Gasteiger partial charge on any atom is -0.294 e. The minimum absolute atomic E-state index is 0.333. The summed E-state index contributed by atoms with van der Waals surface area (Å²) in [7, 11) is 0. The van der Waals surface area contributed by atoms with Gasteiger partial charge in [0, 0.05) is 11.5 Å². The van der Waals surface area contributed by atoms with Gasteiger partial charge in [-0.05, 0) is 36.7 Å². The van der Waals surface area contributed by atoms with E-state index in [9.17, 15) is 4.79 Å². The van der Waals surface area contributed by atoms with Crippen LogP contribution in [-0.4, -0.2) is 5.78 Å². The highest BCUT2D eigenvalue weighted by Gasteiger charge is 2.43. The van der Waals surface area contributed by atoms with Gasteiger partial charge >= 0.3 is 0 Å². The topological polar surface area (TPSA) is 17.1 Å². The van der Waals surface area contributed by atoms with Gasteiger partial charge in [-0.3, -0.25) is 4.79 Å². The van der Waals surface area contributed by atoms with Crippen LogP contribution in [0.1, 0.15) is 54.4 Å². The molecule has 0 amide bonds. The van der Waals surface area contributed by atoms with E-state index in [0.717, 1.165) is 12.0 Å². The van der Waals surface area contributed by atoms with Crippen molar-refractivity contribution in [3.63, 3.8) is 0 Å². The van der Waals surface area contributed by atoms with Crippen molar-refractivity contribution in [3.8, 4) is 0 Å². The predicted octanol–water partition coefficient (Wildman–Crippen LogP) is 3.79. The number of carbonyl (C=O) groups is 1. The second kappa shape index (κ2) is 3.73. The number of ketones is 1. The number of fused-ring (bicyclic) bond motifs is 2. The number of hydrogen-bond donors (Lipinski definition) is 0. The zero-order valence-electron chi connectivity index (χ0n) is 9.78. The highest BCUT2D eigenvalue weighted by molar-refractivity contribution is 6.01. The Hall–Kier alpha value is -1.11. The maximum Gasteiger partial charge on any atom is 0.166 e. The van der Waals surface area contributed by atoms with Crippen molar-refractivity contribution in [1.82, 2.24) is 0 Å². The maximum absolute atomic E-state index is 12.4. The molecular weight excluding hydrogens is 196 g/mol. The summed E-state index contributed by atoms with van der Waals surface area (Å²) >= 11 is 0. The van der Waals surface area contributed by atoms with Crippen LogP contribution in [0, 0.1) is 11.8 Å². The van der Waals surface area contributed by atoms with Crippen LogP contribution >= 0.6 is 0 Å². The third-order valence-electron chi connectivity index (χ3n) is 4.49. The maximum atomic E-state index is 12.4. The summed E-state index contributed by atoms with van der Waals surface area (Å²) in [6.45, 7) is 2.26. The van der Waals surface area contributed by atoms with Crippen molar-refractivity contribution in [3.05, 3.63) is 35.4 Å².